The maximum Gasteiger partial charge on any atom is 0.110 e. The van der Waals surface area contributed by atoms with Gasteiger partial charge in [0.2, 0.25) is 0 Å². The summed E-state index contributed by atoms with van der Waals surface area (Å²) in [6.07, 6.45) is 1.19. The van der Waals surface area contributed by atoms with Crippen LogP contribution in [0, 0.1) is 5.41 Å². The Morgan fingerprint density at radius 1 is 1.27 bits per heavy atom. The van der Waals surface area contributed by atoms with E-state index in [0.29, 0.717) is 23.5 Å². The Morgan fingerprint density at radius 3 is 2.68 bits per heavy atom. The molecule has 6 heteroatoms. The summed E-state index contributed by atoms with van der Waals surface area (Å²) in [6, 6.07) is 1.70. The second-order valence-corrected chi connectivity index (χ2v) is 7.32. The minimum absolute atomic E-state index is 0.00457. The van der Waals surface area contributed by atoms with Crippen LogP contribution < -0.4 is 5.73 Å². The lowest BCUT2D eigenvalue weighted by Gasteiger charge is -2.25. The average Bonchev–Trinajstić information content (AvgIpc) is 2.95. The third-order valence-corrected chi connectivity index (χ3v) is 4.23. The number of aliphatic hydroxyl groups is 2. The van der Waals surface area contributed by atoms with Crippen molar-refractivity contribution in [2.24, 2.45) is 10.4 Å². The van der Waals surface area contributed by atoms with E-state index in [9.17, 15) is 10.2 Å². The van der Waals surface area contributed by atoms with Gasteiger partial charge in [-0.3, -0.25) is 9.98 Å². The van der Waals surface area contributed by atoms with Crippen LogP contribution in [0.15, 0.2) is 17.3 Å². The van der Waals surface area contributed by atoms with E-state index in [1.165, 1.54) is 0 Å². The summed E-state index contributed by atoms with van der Waals surface area (Å²) in [7, 11) is 0. The van der Waals surface area contributed by atoms with Crippen LogP contribution in [0.2, 0.25) is 0 Å². The van der Waals surface area contributed by atoms with Crippen LogP contribution >= 0.6 is 0 Å². The minimum Gasteiger partial charge on any atom is -0.397 e. The number of aliphatic hydroxyl groups excluding tert-OH is 2. The Morgan fingerprint density at radius 2 is 2.00 bits per heavy atom. The topological polar surface area (TPSA) is 101 Å². The molecule has 1 fully saturated rings. The number of aromatic nitrogens is 1. The zero-order valence-corrected chi connectivity index (χ0v) is 13.1. The molecule has 0 spiro atoms. The van der Waals surface area contributed by atoms with Crippen molar-refractivity contribution < 1.29 is 14.9 Å². The Balaban J connectivity index is 1.83. The molecular weight excluding hydrogens is 282 g/mol. The van der Waals surface area contributed by atoms with Crippen LogP contribution in [0.3, 0.4) is 0 Å². The normalized spacial score (nSPS) is 34.1. The largest absolute Gasteiger partial charge is 0.397 e. The molecule has 5 atom stereocenters. The first-order valence-electron chi connectivity index (χ1n) is 7.58. The number of nitrogens with zero attached hydrogens (tertiary/aromatic N) is 2. The number of hydrogen-bond donors (Lipinski definition) is 3. The van der Waals surface area contributed by atoms with Crippen molar-refractivity contribution in [2.45, 2.75) is 57.5 Å². The van der Waals surface area contributed by atoms with Gasteiger partial charge in [-0.1, -0.05) is 20.8 Å². The SMILES string of the molecule is CC(C)(C)CC1OC(C2C=Nc3c(N)ccnc32)C(O)C1O. The van der Waals surface area contributed by atoms with Crippen molar-refractivity contribution >= 4 is 17.6 Å². The summed E-state index contributed by atoms with van der Waals surface area (Å²) in [4.78, 5) is 8.63. The van der Waals surface area contributed by atoms with Crippen molar-refractivity contribution in [3.05, 3.63) is 18.0 Å². The van der Waals surface area contributed by atoms with Gasteiger partial charge in [0.05, 0.1) is 29.5 Å². The first kappa shape index (κ1) is 15.4. The van der Waals surface area contributed by atoms with Gasteiger partial charge in [-0.05, 0) is 17.9 Å². The highest BCUT2D eigenvalue weighted by Crippen LogP contribution is 2.42. The van der Waals surface area contributed by atoms with E-state index in [0.717, 1.165) is 0 Å². The molecule has 2 aliphatic rings. The van der Waals surface area contributed by atoms with Crippen molar-refractivity contribution in [1.29, 1.82) is 0 Å². The first-order valence-corrected chi connectivity index (χ1v) is 7.58. The van der Waals surface area contributed by atoms with E-state index >= 15 is 0 Å². The zero-order valence-electron chi connectivity index (χ0n) is 13.1. The molecule has 6 nitrogen and oxygen atoms in total. The van der Waals surface area contributed by atoms with Crippen LogP contribution in [0.1, 0.15) is 38.8 Å². The lowest BCUT2D eigenvalue weighted by molar-refractivity contribution is -0.0146. The number of aliphatic imine (C=N–C) groups is 1. The lowest BCUT2D eigenvalue weighted by Crippen LogP contribution is -2.36. The van der Waals surface area contributed by atoms with Gasteiger partial charge >= 0.3 is 0 Å². The molecule has 0 bridgehead atoms. The molecule has 1 aromatic heterocycles. The molecule has 0 aliphatic carbocycles. The van der Waals surface area contributed by atoms with E-state index in [1.807, 2.05) is 0 Å². The van der Waals surface area contributed by atoms with E-state index < -0.39 is 24.4 Å². The second-order valence-electron chi connectivity index (χ2n) is 7.32. The number of anilines is 1. The molecule has 5 unspecified atom stereocenters. The molecule has 4 N–H and O–H groups in total. The van der Waals surface area contributed by atoms with Crippen LogP contribution in [0.25, 0.3) is 0 Å². The molecule has 22 heavy (non-hydrogen) atoms. The highest BCUT2D eigenvalue weighted by atomic mass is 16.5. The number of nitrogens with two attached hydrogens (primary N) is 1. The van der Waals surface area contributed by atoms with Gasteiger partial charge in [0, 0.05) is 12.4 Å². The maximum absolute atomic E-state index is 10.4. The number of pyridine rings is 1. The van der Waals surface area contributed by atoms with Gasteiger partial charge in [-0.2, -0.15) is 0 Å². The molecule has 1 aromatic rings. The summed E-state index contributed by atoms with van der Waals surface area (Å²) >= 11 is 0. The third kappa shape index (κ3) is 2.62. The van der Waals surface area contributed by atoms with E-state index in [2.05, 4.69) is 30.7 Å². The van der Waals surface area contributed by atoms with E-state index in [-0.39, 0.29) is 11.3 Å². The quantitative estimate of drug-likeness (QED) is 0.766. The number of rotatable bonds is 2. The molecule has 0 aromatic carbocycles. The van der Waals surface area contributed by atoms with Gasteiger partial charge in [-0.15, -0.1) is 0 Å². The van der Waals surface area contributed by atoms with Gasteiger partial charge in [0.25, 0.3) is 0 Å². The summed E-state index contributed by atoms with van der Waals surface area (Å²) < 4.78 is 5.97. The standard InChI is InChI=1S/C16H23N3O3/c1-16(2,3)6-10-13(20)14(21)15(22-10)8-7-19-12-9(17)4-5-18-11(8)12/h4-5,7-8,10,13-15,20-21H,6H2,1-3H3,(H2,17,18). The summed E-state index contributed by atoms with van der Waals surface area (Å²) in [6.45, 7) is 6.24. The summed E-state index contributed by atoms with van der Waals surface area (Å²) in [5.41, 5.74) is 7.80. The maximum atomic E-state index is 10.4. The lowest BCUT2D eigenvalue weighted by atomic mass is 9.86. The fourth-order valence-corrected chi connectivity index (χ4v) is 3.18. The van der Waals surface area contributed by atoms with Crippen LogP contribution in [0.5, 0.6) is 0 Å². The molecule has 120 valence electrons. The van der Waals surface area contributed by atoms with Crippen molar-refractivity contribution in [3.8, 4) is 0 Å². The smallest absolute Gasteiger partial charge is 0.110 e. The molecule has 1 saturated heterocycles. The molecule has 3 rings (SSSR count). The van der Waals surface area contributed by atoms with E-state index in [1.54, 1.807) is 18.5 Å². The van der Waals surface area contributed by atoms with Crippen LogP contribution in [0.4, 0.5) is 11.4 Å². The van der Waals surface area contributed by atoms with Crippen molar-refractivity contribution in [2.75, 3.05) is 5.73 Å². The number of ether oxygens (including phenoxy) is 1. The monoisotopic (exact) mass is 305 g/mol. The predicted octanol–water partition coefficient (Wildman–Crippen LogP) is 1.39. The highest BCUT2D eigenvalue weighted by Gasteiger charge is 2.48. The molecule has 3 heterocycles. The Hall–Kier alpha value is -1.50. The zero-order chi connectivity index (χ0) is 16.1. The van der Waals surface area contributed by atoms with Crippen LogP contribution in [-0.4, -0.2) is 45.8 Å². The molecule has 2 aliphatic heterocycles. The Labute approximate surface area is 130 Å². The van der Waals surface area contributed by atoms with Crippen molar-refractivity contribution in [1.82, 2.24) is 4.98 Å². The molecule has 0 amide bonds. The number of hydrogen-bond acceptors (Lipinski definition) is 6. The molecule has 0 saturated carbocycles. The summed E-state index contributed by atoms with van der Waals surface area (Å²) in [5.74, 6) is -0.284. The fraction of sp³-hybridized carbons (Fsp3) is 0.625. The minimum atomic E-state index is -0.960. The number of nitrogen functional groups attached to an aromatic ring is 1. The van der Waals surface area contributed by atoms with Gasteiger partial charge < -0.3 is 20.7 Å². The van der Waals surface area contributed by atoms with Crippen molar-refractivity contribution in [3.63, 3.8) is 0 Å². The Kier molecular flexibility index (Phi) is 3.71. The third-order valence-electron chi connectivity index (χ3n) is 4.23. The highest BCUT2D eigenvalue weighted by molar-refractivity contribution is 5.85. The van der Waals surface area contributed by atoms with Gasteiger partial charge in [0.15, 0.2) is 0 Å². The first-order chi connectivity index (χ1) is 10.3. The predicted molar refractivity (Wildman–Crippen MR) is 84.3 cm³/mol. The van der Waals surface area contributed by atoms with Gasteiger partial charge in [-0.25, -0.2) is 0 Å². The molecular formula is C16H23N3O3. The Bertz CT molecular complexity index is 597. The summed E-state index contributed by atoms with van der Waals surface area (Å²) in [5, 5.41) is 20.7. The van der Waals surface area contributed by atoms with Crippen LogP contribution in [-0.2, 0) is 4.74 Å². The average molecular weight is 305 g/mol. The second kappa shape index (κ2) is 5.30. The number of fused-ring (bicyclic) bond motifs is 1. The van der Waals surface area contributed by atoms with E-state index in [4.69, 9.17) is 10.5 Å². The molecule has 0 radical (unpaired) electrons. The fourth-order valence-electron chi connectivity index (χ4n) is 3.18. The van der Waals surface area contributed by atoms with Gasteiger partial charge in [0.1, 0.15) is 17.9 Å².